The summed E-state index contributed by atoms with van der Waals surface area (Å²) in [6.07, 6.45) is 7.74. The Morgan fingerprint density at radius 1 is 1.00 bits per heavy atom. The summed E-state index contributed by atoms with van der Waals surface area (Å²) in [5.41, 5.74) is 1.43. The van der Waals surface area contributed by atoms with Gasteiger partial charge in [-0.15, -0.1) is 0 Å². The van der Waals surface area contributed by atoms with Crippen LogP contribution in [0.15, 0.2) is 30.3 Å². The Bertz CT molecular complexity index is 624. The largest absolute Gasteiger partial charge is 0.381 e. The van der Waals surface area contributed by atoms with E-state index in [0.29, 0.717) is 12.1 Å². The zero-order valence-corrected chi connectivity index (χ0v) is 17.7. The zero-order valence-electron chi connectivity index (χ0n) is 17.7. The molecule has 0 radical (unpaired) electrons. The third-order valence-electron chi connectivity index (χ3n) is 7.02. The van der Waals surface area contributed by atoms with Crippen molar-refractivity contribution < 1.29 is 9.53 Å². The van der Waals surface area contributed by atoms with E-state index in [2.05, 4.69) is 45.4 Å². The molecule has 0 aromatic heterocycles. The molecule has 5 nitrogen and oxygen atoms in total. The van der Waals surface area contributed by atoms with Crippen LogP contribution in [0.1, 0.15) is 44.1 Å². The fourth-order valence-electron chi connectivity index (χ4n) is 5.15. The Hall–Kier alpha value is -1.43. The topological polar surface area (TPSA) is 44.8 Å². The van der Waals surface area contributed by atoms with Gasteiger partial charge in [0.1, 0.15) is 0 Å². The third kappa shape index (κ3) is 6.03. The number of hydrogen-bond acceptors (Lipinski definition) is 4. The number of hydrogen-bond donors (Lipinski definition) is 1. The van der Waals surface area contributed by atoms with Crippen LogP contribution in [0.5, 0.6) is 0 Å². The number of nitrogens with one attached hydrogen (secondary N) is 1. The molecule has 3 heterocycles. The minimum atomic E-state index is 0.169. The van der Waals surface area contributed by atoms with E-state index in [1.807, 2.05) is 0 Å². The van der Waals surface area contributed by atoms with Crippen molar-refractivity contribution in [2.45, 2.75) is 57.0 Å². The number of carbonyl (C=O) groups is 1. The maximum Gasteiger partial charge on any atom is 0.224 e. The Morgan fingerprint density at radius 3 is 2.52 bits per heavy atom. The van der Waals surface area contributed by atoms with E-state index in [1.165, 1.54) is 31.5 Å². The first-order chi connectivity index (χ1) is 14.3. The fourth-order valence-corrected chi connectivity index (χ4v) is 5.15. The summed E-state index contributed by atoms with van der Waals surface area (Å²) in [6.45, 7) is 7.21. The van der Waals surface area contributed by atoms with Crippen molar-refractivity contribution in [3.05, 3.63) is 35.9 Å². The molecule has 1 atom stereocenters. The number of benzene rings is 1. The standard InChI is InChI=1S/C24H37N3O2/c28-24(25-22-11-17-29-18-12-22)21-7-4-13-27(19-21)23-9-15-26(16-10-23)14-8-20-5-2-1-3-6-20/h1-3,5-6,21-23H,4,7-19H2,(H,25,28)/t21-/m0/s1. The molecule has 160 valence electrons. The lowest BCUT2D eigenvalue weighted by molar-refractivity contribution is -0.128. The highest BCUT2D eigenvalue weighted by atomic mass is 16.5. The summed E-state index contributed by atoms with van der Waals surface area (Å²) in [4.78, 5) is 18.0. The molecule has 0 aliphatic carbocycles. The molecule has 1 N–H and O–H groups in total. The molecule has 4 rings (SSSR count). The lowest BCUT2D eigenvalue weighted by Gasteiger charge is -2.42. The number of likely N-dealkylation sites (tertiary alicyclic amines) is 2. The van der Waals surface area contributed by atoms with Gasteiger partial charge in [-0.3, -0.25) is 9.69 Å². The number of nitrogens with zero attached hydrogens (tertiary/aromatic N) is 2. The molecule has 0 saturated carbocycles. The second kappa shape index (κ2) is 10.6. The van der Waals surface area contributed by atoms with Crippen LogP contribution in [0.4, 0.5) is 0 Å². The smallest absolute Gasteiger partial charge is 0.224 e. The van der Waals surface area contributed by atoms with Gasteiger partial charge in [0.2, 0.25) is 5.91 Å². The van der Waals surface area contributed by atoms with Crippen LogP contribution in [-0.2, 0) is 16.0 Å². The van der Waals surface area contributed by atoms with Crippen LogP contribution >= 0.6 is 0 Å². The van der Waals surface area contributed by atoms with E-state index < -0.39 is 0 Å². The lowest BCUT2D eigenvalue weighted by Crippen LogP contribution is -2.52. The van der Waals surface area contributed by atoms with Gasteiger partial charge in [-0.1, -0.05) is 30.3 Å². The molecule has 3 saturated heterocycles. The van der Waals surface area contributed by atoms with Crippen molar-refractivity contribution in [1.82, 2.24) is 15.1 Å². The average Bonchev–Trinajstić information content (AvgIpc) is 2.79. The molecule has 0 unspecified atom stereocenters. The number of amides is 1. The number of ether oxygens (including phenoxy) is 1. The normalized spacial score (nSPS) is 25.7. The van der Waals surface area contributed by atoms with Crippen LogP contribution in [0.25, 0.3) is 0 Å². The predicted molar refractivity (Wildman–Crippen MR) is 116 cm³/mol. The van der Waals surface area contributed by atoms with Gasteiger partial charge in [0.15, 0.2) is 0 Å². The minimum absolute atomic E-state index is 0.169. The zero-order chi connectivity index (χ0) is 19.9. The number of piperidine rings is 2. The van der Waals surface area contributed by atoms with Crippen LogP contribution in [0, 0.1) is 5.92 Å². The van der Waals surface area contributed by atoms with Gasteiger partial charge in [-0.2, -0.15) is 0 Å². The highest BCUT2D eigenvalue weighted by molar-refractivity contribution is 5.79. The van der Waals surface area contributed by atoms with Crippen molar-refractivity contribution in [1.29, 1.82) is 0 Å². The summed E-state index contributed by atoms with van der Waals surface area (Å²) in [7, 11) is 0. The predicted octanol–water partition coefficient (Wildman–Crippen LogP) is 2.70. The molecule has 5 heteroatoms. The molecule has 3 aliphatic rings. The molecule has 1 aromatic rings. The van der Waals surface area contributed by atoms with E-state index in [0.717, 1.165) is 65.0 Å². The second-order valence-electron chi connectivity index (χ2n) is 9.04. The van der Waals surface area contributed by atoms with Crippen molar-refractivity contribution in [3.63, 3.8) is 0 Å². The molecular formula is C24H37N3O2. The molecule has 29 heavy (non-hydrogen) atoms. The van der Waals surface area contributed by atoms with Gasteiger partial charge in [0.05, 0.1) is 5.92 Å². The highest BCUT2D eigenvalue weighted by Crippen LogP contribution is 2.24. The Balaban J connectivity index is 1.19. The lowest BCUT2D eigenvalue weighted by atomic mass is 9.92. The Morgan fingerprint density at radius 2 is 1.76 bits per heavy atom. The molecular weight excluding hydrogens is 362 g/mol. The number of carbonyl (C=O) groups excluding carboxylic acids is 1. The molecule has 0 spiro atoms. The first-order valence-corrected chi connectivity index (χ1v) is 11.7. The summed E-state index contributed by atoms with van der Waals surface area (Å²) in [5.74, 6) is 0.449. The first-order valence-electron chi connectivity index (χ1n) is 11.7. The van der Waals surface area contributed by atoms with Gasteiger partial charge in [-0.25, -0.2) is 0 Å². The van der Waals surface area contributed by atoms with E-state index in [1.54, 1.807) is 0 Å². The van der Waals surface area contributed by atoms with Crippen LogP contribution in [0.3, 0.4) is 0 Å². The maximum atomic E-state index is 12.8. The summed E-state index contributed by atoms with van der Waals surface area (Å²) < 4.78 is 5.41. The monoisotopic (exact) mass is 399 g/mol. The van der Waals surface area contributed by atoms with Crippen molar-refractivity contribution in [2.24, 2.45) is 5.92 Å². The van der Waals surface area contributed by atoms with Gasteiger partial charge < -0.3 is 15.0 Å². The first kappa shape index (κ1) is 20.8. The van der Waals surface area contributed by atoms with Crippen molar-refractivity contribution >= 4 is 5.91 Å². The third-order valence-corrected chi connectivity index (χ3v) is 7.02. The van der Waals surface area contributed by atoms with E-state index >= 15 is 0 Å². The summed E-state index contributed by atoms with van der Waals surface area (Å²) >= 11 is 0. The molecule has 0 bridgehead atoms. The number of rotatable bonds is 6. The highest BCUT2D eigenvalue weighted by Gasteiger charge is 2.32. The van der Waals surface area contributed by atoms with E-state index in [9.17, 15) is 4.79 Å². The van der Waals surface area contributed by atoms with E-state index in [4.69, 9.17) is 4.74 Å². The quantitative estimate of drug-likeness (QED) is 0.799. The molecule has 3 aliphatic heterocycles. The SMILES string of the molecule is O=C(NC1CCOCC1)[C@H]1CCCN(C2CCN(CCc3ccccc3)CC2)C1. The minimum Gasteiger partial charge on any atom is -0.381 e. The Labute approximate surface area is 175 Å². The maximum absolute atomic E-state index is 12.8. The average molecular weight is 400 g/mol. The van der Waals surface area contributed by atoms with Gasteiger partial charge in [0, 0.05) is 38.4 Å². The molecule has 3 fully saturated rings. The van der Waals surface area contributed by atoms with Gasteiger partial charge in [-0.05, 0) is 70.1 Å². The second-order valence-corrected chi connectivity index (χ2v) is 9.04. The van der Waals surface area contributed by atoms with Crippen molar-refractivity contribution in [2.75, 3.05) is 45.9 Å². The van der Waals surface area contributed by atoms with Crippen LogP contribution in [0.2, 0.25) is 0 Å². The van der Waals surface area contributed by atoms with Gasteiger partial charge in [0.25, 0.3) is 0 Å². The fraction of sp³-hybridized carbons (Fsp3) is 0.708. The molecule has 1 aromatic carbocycles. The van der Waals surface area contributed by atoms with Crippen LogP contribution in [-0.4, -0.2) is 73.7 Å². The van der Waals surface area contributed by atoms with Gasteiger partial charge >= 0.3 is 0 Å². The van der Waals surface area contributed by atoms with Crippen molar-refractivity contribution in [3.8, 4) is 0 Å². The molecule has 1 amide bonds. The summed E-state index contributed by atoms with van der Waals surface area (Å²) in [5, 5.41) is 3.30. The van der Waals surface area contributed by atoms with Crippen LogP contribution < -0.4 is 5.32 Å². The summed E-state index contributed by atoms with van der Waals surface area (Å²) in [6, 6.07) is 11.8. The Kier molecular flexibility index (Phi) is 7.58. The van der Waals surface area contributed by atoms with E-state index in [-0.39, 0.29) is 11.8 Å².